The van der Waals surface area contributed by atoms with Crippen molar-refractivity contribution < 1.29 is 12.8 Å². The summed E-state index contributed by atoms with van der Waals surface area (Å²) in [6.07, 6.45) is 2.62. The summed E-state index contributed by atoms with van der Waals surface area (Å²) in [6, 6.07) is 2.74. The predicted molar refractivity (Wildman–Crippen MR) is 86.7 cm³/mol. The Morgan fingerprint density at radius 1 is 1.38 bits per heavy atom. The molecule has 0 amide bonds. The molecule has 0 aliphatic heterocycles. The second-order valence-electron chi connectivity index (χ2n) is 4.91. The molecule has 0 heterocycles. The monoisotopic (exact) mass is 334 g/mol. The molecule has 0 aliphatic rings. The van der Waals surface area contributed by atoms with E-state index < -0.39 is 15.8 Å². The maximum atomic E-state index is 13.9. The van der Waals surface area contributed by atoms with Gasteiger partial charge in [0, 0.05) is 23.9 Å². The van der Waals surface area contributed by atoms with E-state index in [0.717, 1.165) is 0 Å². The van der Waals surface area contributed by atoms with E-state index in [-0.39, 0.29) is 16.5 Å². The molecule has 0 aliphatic carbocycles. The van der Waals surface area contributed by atoms with Crippen molar-refractivity contribution in [3.05, 3.63) is 29.1 Å². The van der Waals surface area contributed by atoms with Crippen LogP contribution in [0, 0.1) is 12.7 Å². The Hall–Kier alpha value is -0.630. The van der Waals surface area contributed by atoms with Gasteiger partial charge in [0.15, 0.2) is 0 Å². The molecule has 1 aromatic rings. The SMILES string of the molecule is CCC(CSC)NS(=O)(=O)c1cc(CNC)cc(F)c1C. The normalized spacial score (nSPS) is 13.4. The molecule has 0 spiro atoms. The van der Waals surface area contributed by atoms with Crippen LogP contribution in [0.2, 0.25) is 0 Å². The fourth-order valence-corrected chi connectivity index (χ4v) is 4.46. The average Bonchev–Trinajstić information content (AvgIpc) is 2.42. The summed E-state index contributed by atoms with van der Waals surface area (Å²) in [5, 5.41) is 2.90. The smallest absolute Gasteiger partial charge is 0.241 e. The van der Waals surface area contributed by atoms with Crippen molar-refractivity contribution in [2.45, 2.75) is 37.8 Å². The molecule has 0 fully saturated rings. The Morgan fingerprint density at radius 3 is 2.57 bits per heavy atom. The molecular weight excluding hydrogens is 311 g/mol. The van der Waals surface area contributed by atoms with E-state index in [4.69, 9.17) is 0 Å². The van der Waals surface area contributed by atoms with Crippen LogP contribution in [0.1, 0.15) is 24.5 Å². The third-order valence-electron chi connectivity index (χ3n) is 3.21. The first-order chi connectivity index (χ1) is 9.85. The van der Waals surface area contributed by atoms with E-state index in [1.54, 1.807) is 18.8 Å². The van der Waals surface area contributed by atoms with E-state index in [1.807, 2.05) is 13.2 Å². The fraction of sp³-hybridized carbons (Fsp3) is 0.571. The summed E-state index contributed by atoms with van der Waals surface area (Å²) >= 11 is 1.58. The van der Waals surface area contributed by atoms with Crippen LogP contribution in [0.4, 0.5) is 4.39 Å². The zero-order valence-corrected chi connectivity index (χ0v) is 14.5. The van der Waals surface area contributed by atoms with Crippen LogP contribution in [-0.4, -0.2) is 33.5 Å². The van der Waals surface area contributed by atoms with Gasteiger partial charge in [-0.3, -0.25) is 0 Å². The van der Waals surface area contributed by atoms with Gasteiger partial charge in [0.1, 0.15) is 5.82 Å². The number of hydrogen-bond acceptors (Lipinski definition) is 4. The molecule has 0 saturated heterocycles. The highest BCUT2D eigenvalue weighted by molar-refractivity contribution is 7.98. The molecule has 0 aromatic heterocycles. The number of thioether (sulfide) groups is 1. The van der Waals surface area contributed by atoms with Crippen LogP contribution in [0.5, 0.6) is 0 Å². The molecule has 2 N–H and O–H groups in total. The highest BCUT2D eigenvalue weighted by Gasteiger charge is 2.23. The molecule has 0 bridgehead atoms. The number of rotatable bonds is 8. The van der Waals surface area contributed by atoms with Crippen LogP contribution in [0.15, 0.2) is 17.0 Å². The highest BCUT2D eigenvalue weighted by Crippen LogP contribution is 2.21. The van der Waals surface area contributed by atoms with Gasteiger partial charge >= 0.3 is 0 Å². The van der Waals surface area contributed by atoms with E-state index in [1.165, 1.54) is 19.1 Å². The van der Waals surface area contributed by atoms with Gasteiger partial charge in [-0.05, 0) is 44.3 Å². The Balaban J connectivity index is 3.17. The lowest BCUT2D eigenvalue weighted by molar-refractivity contribution is 0.553. The maximum Gasteiger partial charge on any atom is 0.241 e. The third kappa shape index (κ3) is 4.95. The average molecular weight is 334 g/mol. The summed E-state index contributed by atoms with van der Waals surface area (Å²) in [7, 11) is -1.99. The molecular formula is C14H23FN2O2S2. The molecule has 7 heteroatoms. The minimum Gasteiger partial charge on any atom is -0.316 e. The predicted octanol–water partition coefficient (Wildman–Crippen LogP) is 2.27. The zero-order chi connectivity index (χ0) is 16.0. The van der Waals surface area contributed by atoms with Crippen LogP contribution < -0.4 is 10.0 Å². The minimum atomic E-state index is -3.72. The summed E-state index contributed by atoms with van der Waals surface area (Å²) < 4.78 is 41.6. The Morgan fingerprint density at radius 2 is 2.05 bits per heavy atom. The minimum absolute atomic E-state index is 0.0207. The summed E-state index contributed by atoms with van der Waals surface area (Å²) in [5.41, 5.74) is 0.764. The van der Waals surface area contributed by atoms with Crippen LogP contribution in [0.25, 0.3) is 0 Å². The maximum absolute atomic E-state index is 13.9. The van der Waals surface area contributed by atoms with Crippen molar-refractivity contribution in [2.75, 3.05) is 19.1 Å². The van der Waals surface area contributed by atoms with Crippen molar-refractivity contribution in [2.24, 2.45) is 0 Å². The van der Waals surface area contributed by atoms with Gasteiger partial charge < -0.3 is 5.32 Å². The molecule has 1 atom stereocenters. The quantitative estimate of drug-likeness (QED) is 0.766. The number of sulfonamides is 1. The molecule has 1 aromatic carbocycles. The van der Waals surface area contributed by atoms with Crippen molar-refractivity contribution in [1.82, 2.24) is 10.0 Å². The van der Waals surface area contributed by atoms with E-state index in [9.17, 15) is 12.8 Å². The second kappa shape index (κ2) is 8.12. The van der Waals surface area contributed by atoms with E-state index >= 15 is 0 Å². The van der Waals surface area contributed by atoms with Gasteiger partial charge in [-0.25, -0.2) is 17.5 Å². The molecule has 1 rings (SSSR count). The molecule has 21 heavy (non-hydrogen) atoms. The third-order valence-corrected chi connectivity index (χ3v) is 5.59. The van der Waals surface area contributed by atoms with Crippen molar-refractivity contribution in [1.29, 1.82) is 0 Å². The summed E-state index contributed by atoms with van der Waals surface area (Å²) in [6.45, 7) is 3.83. The topological polar surface area (TPSA) is 58.2 Å². The standard InChI is InChI=1S/C14H23FN2O2S2/c1-5-12(9-20-4)17-21(18,19)14-7-11(8-16-3)6-13(15)10(14)2/h6-7,12,16-17H,5,8-9H2,1-4H3. The van der Waals surface area contributed by atoms with Crippen molar-refractivity contribution >= 4 is 21.8 Å². The van der Waals surface area contributed by atoms with Gasteiger partial charge in [0.2, 0.25) is 10.0 Å². The lowest BCUT2D eigenvalue weighted by Gasteiger charge is -2.18. The van der Waals surface area contributed by atoms with Gasteiger partial charge in [-0.1, -0.05) is 6.92 Å². The van der Waals surface area contributed by atoms with Crippen molar-refractivity contribution in [3.8, 4) is 0 Å². The van der Waals surface area contributed by atoms with Gasteiger partial charge in [0.25, 0.3) is 0 Å². The first-order valence-corrected chi connectivity index (χ1v) is 9.68. The number of halogens is 1. The molecule has 0 radical (unpaired) electrons. The van der Waals surface area contributed by atoms with Crippen LogP contribution in [0.3, 0.4) is 0 Å². The summed E-state index contributed by atoms with van der Waals surface area (Å²) in [5.74, 6) is 0.189. The number of nitrogens with one attached hydrogen (secondary N) is 2. The Kier molecular flexibility index (Phi) is 7.12. The van der Waals surface area contributed by atoms with Crippen LogP contribution >= 0.6 is 11.8 Å². The fourth-order valence-electron chi connectivity index (χ4n) is 2.01. The second-order valence-corrected chi connectivity index (χ2v) is 7.51. The Bertz CT molecular complexity index is 577. The van der Waals surface area contributed by atoms with Gasteiger partial charge in [-0.2, -0.15) is 11.8 Å². The highest BCUT2D eigenvalue weighted by atomic mass is 32.2. The lowest BCUT2D eigenvalue weighted by atomic mass is 10.1. The van der Waals surface area contributed by atoms with Gasteiger partial charge in [0.05, 0.1) is 4.90 Å². The number of benzene rings is 1. The number of hydrogen-bond donors (Lipinski definition) is 2. The zero-order valence-electron chi connectivity index (χ0n) is 12.9. The van der Waals surface area contributed by atoms with Crippen LogP contribution in [-0.2, 0) is 16.6 Å². The molecule has 4 nitrogen and oxygen atoms in total. The largest absolute Gasteiger partial charge is 0.316 e. The Labute approximate surface area is 131 Å². The summed E-state index contributed by atoms with van der Waals surface area (Å²) in [4.78, 5) is 0.0207. The van der Waals surface area contributed by atoms with E-state index in [2.05, 4.69) is 10.0 Å². The lowest BCUT2D eigenvalue weighted by Crippen LogP contribution is -2.36. The van der Waals surface area contributed by atoms with Gasteiger partial charge in [-0.15, -0.1) is 0 Å². The van der Waals surface area contributed by atoms with Crippen molar-refractivity contribution in [3.63, 3.8) is 0 Å². The molecule has 120 valence electrons. The molecule has 1 unspecified atom stereocenters. The first kappa shape index (κ1) is 18.4. The molecule has 0 saturated carbocycles. The van der Waals surface area contributed by atoms with E-state index in [0.29, 0.717) is 24.3 Å². The first-order valence-electron chi connectivity index (χ1n) is 6.80.